The number of aromatic nitrogens is 16. The Morgan fingerprint density at radius 3 is 1.01 bits per heavy atom. The molecule has 2 aliphatic heterocycles. The Morgan fingerprint density at radius 1 is 0.395 bits per heavy atom. The van der Waals surface area contributed by atoms with Gasteiger partial charge in [0.1, 0.15) is 45.6 Å². The number of methoxy groups -OCH3 is 1. The molecule has 10 heterocycles. The summed E-state index contributed by atoms with van der Waals surface area (Å²) >= 11 is 27.4. The Hall–Kier alpha value is -11.8. The molecule has 0 amide bonds. The minimum Gasteiger partial charge on any atom is -0.389 e. The summed E-state index contributed by atoms with van der Waals surface area (Å²) in [7, 11) is 3.87. The number of piperazine rings is 1. The monoisotopic (exact) mass is 1590 g/mol. The van der Waals surface area contributed by atoms with Crippen LogP contribution in [0.15, 0.2) is 262 Å². The molecule has 8 aromatic heterocycles. The van der Waals surface area contributed by atoms with Gasteiger partial charge in [-0.05, 0) is 20.3 Å². The summed E-state index contributed by atoms with van der Waals surface area (Å²) in [6.07, 6.45) is 2.98. The molecule has 114 heavy (non-hydrogen) atoms. The molecule has 21 nitrogen and oxygen atoms in total. The van der Waals surface area contributed by atoms with E-state index in [0.717, 1.165) is 153 Å². The van der Waals surface area contributed by atoms with Crippen LogP contribution in [0.4, 0.5) is 0 Å². The first-order valence-electron chi connectivity index (χ1n) is 37.5. The highest BCUT2D eigenvalue weighted by Gasteiger charge is 2.29. The molecular formula is C89H81Cl4N19O2. The summed E-state index contributed by atoms with van der Waals surface area (Å²) in [5, 5.41) is 70.3. The zero-order valence-corrected chi connectivity index (χ0v) is 66.3. The third-order valence-corrected chi connectivity index (χ3v) is 21.4. The Labute approximate surface area is 680 Å². The molecule has 18 rings (SSSR count). The molecule has 1 atom stereocenters. The number of benzene rings is 8. The van der Waals surface area contributed by atoms with Gasteiger partial charge < -0.3 is 14.7 Å². The van der Waals surface area contributed by atoms with E-state index in [1.807, 2.05) is 228 Å². The van der Waals surface area contributed by atoms with Gasteiger partial charge in [-0.1, -0.05) is 302 Å². The molecule has 0 bridgehead atoms. The molecule has 0 unspecified atom stereocenters. The largest absolute Gasteiger partial charge is 0.389 e. The lowest BCUT2D eigenvalue weighted by Gasteiger charge is -2.35. The molecule has 25 heteroatoms. The Kier molecular flexibility index (Phi) is 23.9. The molecule has 2 fully saturated rings. The number of aliphatic hydroxyl groups is 1. The average molecular weight is 1590 g/mol. The maximum absolute atomic E-state index is 10.3. The van der Waals surface area contributed by atoms with E-state index in [1.54, 1.807) is 36.5 Å². The van der Waals surface area contributed by atoms with Crippen LogP contribution in [0, 0.1) is 0 Å². The highest BCUT2D eigenvalue weighted by molar-refractivity contribution is 6.40. The van der Waals surface area contributed by atoms with Gasteiger partial charge in [-0.25, -0.2) is 18.7 Å². The fourth-order valence-electron chi connectivity index (χ4n) is 14.0. The van der Waals surface area contributed by atoms with Crippen molar-refractivity contribution in [3.63, 3.8) is 0 Å². The van der Waals surface area contributed by atoms with Gasteiger partial charge in [-0.3, -0.25) is 9.80 Å². The highest BCUT2D eigenvalue weighted by atomic mass is 35.5. The van der Waals surface area contributed by atoms with Gasteiger partial charge in [0.05, 0.1) is 73.0 Å². The van der Waals surface area contributed by atoms with E-state index in [0.29, 0.717) is 78.1 Å². The predicted molar refractivity (Wildman–Crippen MR) is 458 cm³/mol. The van der Waals surface area contributed by atoms with Gasteiger partial charge in [-0.15, -0.1) is 40.8 Å². The summed E-state index contributed by atoms with van der Waals surface area (Å²) in [6.45, 7) is 19.7. The molecule has 0 saturated carbocycles. The van der Waals surface area contributed by atoms with Crippen molar-refractivity contribution in [3.05, 3.63) is 282 Å². The van der Waals surface area contributed by atoms with Crippen molar-refractivity contribution in [2.75, 3.05) is 60.0 Å². The maximum atomic E-state index is 10.3. The summed E-state index contributed by atoms with van der Waals surface area (Å²) in [6, 6.07) is 79.3. The fourth-order valence-corrected chi connectivity index (χ4v) is 15.3. The van der Waals surface area contributed by atoms with Gasteiger partial charge in [0.25, 0.3) is 0 Å². The van der Waals surface area contributed by atoms with Crippen LogP contribution in [-0.2, 0) is 24.4 Å². The lowest BCUT2D eigenvalue weighted by atomic mass is 10.1. The van der Waals surface area contributed by atoms with Crippen LogP contribution in [0.5, 0.6) is 0 Å². The van der Waals surface area contributed by atoms with Crippen LogP contribution in [0.3, 0.4) is 0 Å². The zero-order chi connectivity index (χ0) is 78.8. The lowest BCUT2D eigenvalue weighted by Crippen LogP contribution is -2.43. The van der Waals surface area contributed by atoms with E-state index in [1.165, 1.54) is 0 Å². The summed E-state index contributed by atoms with van der Waals surface area (Å²) < 4.78 is 12.6. The van der Waals surface area contributed by atoms with Gasteiger partial charge in [0.2, 0.25) is 0 Å². The molecule has 16 aromatic rings. The normalized spacial score (nSPS) is 13.9. The van der Waals surface area contributed by atoms with Crippen LogP contribution in [-0.4, -0.2) is 171 Å². The standard InChI is InChI=1S/C25H25ClN6.C24H24ClN5O.C21H19ClN4O.C19H13ClN4/c1-18-17-31(14-13-30(18)2)15-16-32-25-21(23(29-32)19-9-5-3-6-10-19)22(26)24(27-28-25)20-11-7-4-8-12-20;1-31-19-12-13-29(16-19)14-15-30-24-20(22(28-30)17-8-4-2-5-9-17)21(25)23(26-27-24)18-10-6-3-7-11-18;1-21(2,27)13-26-20-16(18(25-26)14-9-5-3-6-10-14)17(22)19(23-24-20)15-11-7-4-8-12-15;1-2-24-19-15(17(23-24)13-9-5-3-6-10-13)16(20)18(21-22-19)14-11-7-4-8-12-14/h3-12H,1,13-17H2,2H3;2-11,19H,12-16H2,1H3;3-12,27H,13H2,1-2H3;2-12H,1H2/t;19-;;/m.1../s1. The van der Waals surface area contributed by atoms with Gasteiger partial charge >= 0.3 is 0 Å². The molecule has 2 aliphatic rings. The smallest absolute Gasteiger partial charge is 0.186 e. The molecule has 0 aliphatic carbocycles. The molecule has 572 valence electrons. The number of hydrogen-bond acceptors (Lipinski definition) is 17. The molecule has 2 saturated heterocycles. The minimum absolute atomic E-state index is 0.284. The fraction of sp³-hybridized carbons (Fsp3) is 0.191. The van der Waals surface area contributed by atoms with E-state index < -0.39 is 5.60 Å². The van der Waals surface area contributed by atoms with E-state index in [4.69, 9.17) is 66.4 Å². The predicted octanol–water partition coefficient (Wildman–Crippen LogP) is 18.6. The summed E-state index contributed by atoms with van der Waals surface area (Å²) in [4.78, 5) is 7.01. The first-order chi connectivity index (χ1) is 55.6. The number of likely N-dealkylation sites (tertiary alicyclic amines) is 1. The van der Waals surface area contributed by atoms with E-state index in [-0.39, 0.29) is 6.54 Å². The summed E-state index contributed by atoms with van der Waals surface area (Å²) in [5.41, 5.74) is 16.2. The number of nitrogens with zero attached hydrogens (tertiary/aromatic N) is 19. The van der Waals surface area contributed by atoms with Crippen molar-refractivity contribution < 1.29 is 9.84 Å². The van der Waals surface area contributed by atoms with Crippen molar-refractivity contribution in [2.24, 2.45) is 0 Å². The van der Waals surface area contributed by atoms with E-state index in [2.05, 4.69) is 105 Å². The second-order valence-electron chi connectivity index (χ2n) is 28.3. The van der Waals surface area contributed by atoms with Gasteiger partial charge in [0, 0.05) is 116 Å². The third kappa shape index (κ3) is 17.0. The Balaban J connectivity index is 0.000000120. The molecule has 0 spiro atoms. The molecule has 8 aromatic carbocycles. The van der Waals surface area contributed by atoms with Crippen LogP contribution < -0.4 is 0 Å². The van der Waals surface area contributed by atoms with Crippen LogP contribution in [0.2, 0.25) is 20.1 Å². The number of fused-ring (bicyclic) bond motifs is 4. The van der Waals surface area contributed by atoms with Gasteiger partial charge in [-0.2, -0.15) is 20.4 Å². The third-order valence-electron chi connectivity index (χ3n) is 20.0. The van der Waals surface area contributed by atoms with E-state index in [9.17, 15) is 5.11 Å². The summed E-state index contributed by atoms with van der Waals surface area (Å²) in [5.74, 6) is 0. The number of hydrogen-bond donors (Lipinski definition) is 1. The SMILES string of the molecule is C=C1CN(CCn2nc(-c3ccccc3)c3c(Cl)c(-c4ccccc4)nnc32)CCN1C.C=Cn1nc(-c2ccccc2)c2c(Cl)c(-c3ccccc3)nnc21.CC(C)(O)Cn1nc(-c2ccccc2)c2c(Cl)c(-c3ccccc3)nnc21.CO[C@@H]1CCN(CCn2nc(-c3ccccc3)c3c(Cl)c(-c4ccccc4)nnc32)C1. The number of likely N-dealkylation sites (N-methyl/N-ethyl adjacent to an activating group) is 1. The topological polar surface area (TPSA) is 214 Å². The highest BCUT2D eigenvalue weighted by Crippen LogP contribution is 2.42. The van der Waals surface area contributed by atoms with Crippen LogP contribution in [0.25, 0.3) is 140 Å². The second-order valence-corrected chi connectivity index (χ2v) is 29.8. The minimum atomic E-state index is -0.945. The van der Waals surface area contributed by atoms with Gasteiger partial charge in [0.15, 0.2) is 22.6 Å². The van der Waals surface area contributed by atoms with Crippen molar-refractivity contribution in [1.29, 1.82) is 0 Å². The van der Waals surface area contributed by atoms with Crippen molar-refractivity contribution in [1.82, 2.24) is 94.6 Å². The number of halogens is 4. The molecular weight excluding hydrogens is 1510 g/mol. The molecule has 1 N–H and O–H groups in total. The Morgan fingerprint density at radius 2 is 0.693 bits per heavy atom. The van der Waals surface area contributed by atoms with Crippen molar-refractivity contribution >= 4 is 96.7 Å². The number of ether oxygens (including phenoxy) is 1. The van der Waals surface area contributed by atoms with Crippen LogP contribution >= 0.6 is 46.4 Å². The first kappa shape index (κ1) is 77.6. The van der Waals surface area contributed by atoms with Crippen molar-refractivity contribution in [3.8, 4) is 90.1 Å². The Bertz CT molecular complexity index is 6020. The van der Waals surface area contributed by atoms with E-state index >= 15 is 0 Å². The zero-order valence-electron chi connectivity index (χ0n) is 63.3. The average Bonchev–Trinajstić information content (AvgIpc) is 1.60. The molecule has 0 radical (unpaired) electrons. The maximum Gasteiger partial charge on any atom is 0.186 e. The first-order valence-corrected chi connectivity index (χ1v) is 39.0. The number of rotatable bonds is 18. The van der Waals surface area contributed by atoms with Crippen molar-refractivity contribution in [2.45, 2.75) is 51.6 Å². The lowest BCUT2D eigenvalue weighted by molar-refractivity contribution is 0.0590. The second kappa shape index (κ2) is 35.1. The van der Waals surface area contributed by atoms with Crippen LogP contribution in [0.1, 0.15) is 20.3 Å². The quantitative estimate of drug-likeness (QED) is 0.0845.